The number of hydrogen-bond donors (Lipinski definition) is 1. The van der Waals surface area contributed by atoms with Crippen molar-refractivity contribution in [1.29, 1.82) is 0 Å². The molecule has 2 aliphatic rings. The van der Waals surface area contributed by atoms with Gasteiger partial charge in [-0.25, -0.2) is 9.69 Å². The molecule has 3 aromatic carbocycles. The molecule has 0 saturated carbocycles. The van der Waals surface area contributed by atoms with E-state index in [1.165, 1.54) is 5.56 Å². The van der Waals surface area contributed by atoms with Crippen LogP contribution in [0.2, 0.25) is 0 Å². The van der Waals surface area contributed by atoms with Crippen molar-refractivity contribution in [1.82, 2.24) is 15.1 Å². The molecule has 6 nitrogen and oxygen atoms in total. The van der Waals surface area contributed by atoms with Crippen molar-refractivity contribution in [2.24, 2.45) is 0 Å². The number of imide groups is 1. The van der Waals surface area contributed by atoms with Gasteiger partial charge in [0, 0.05) is 19.5 Å². The lowest BCUT2D eigenvalue weighted by Crippen LogP contribution is -2.52. The molecular weight excluding hydrogens is 426 g/mol. The molecule has 1 saturated heterocycles. The number of carbonyl (C=O) groups is 3. The van der Waals surface area contributed by atoms with Crippen molar-refractivity contribution < 1.29 is 14.4 Å². The van der Waals surface area contributed by atoms with Gasteiger partial charge < -0.3 is 10.2 Å². The van der Waals surface area contributed by atoms with E-state index in [0.717, 1.165) is 22.4 Å². The van der Waals surface area contributed by atoms with Crippen LogP contribution >= 0.6 is 0 Å². The number of amides is 4. The SMILES string of the molecule is C[C@@H](C(=O)N1CCc2ccccc2C1)N1C(=O)N[C@@](Cc2ccccc2)(c2ccccc2)C1=O. The highest BCUT2D eigenvalue weighted by atomic mass is 16.2. The lowest BCUT2D eigenvalue weighted by atomic mass is 9.83. The van der Waals surface area contributed by atoms with E-state index in [2.05, 4.69) is 11.4 Å². The Labute approximate surface area is 199 Å². The summed E-state index contributed by atoms with van der Waals surface area (Å²) in [4.78, 5) is 43.5. The van der Waals surface area contributed by atoms with Crippen LogP contribution in [0.4, 0.5) is 4.79 Å². The molecular formula is C28H27N3O3. The Morgan fingerprint density at radius 1 is 0.912 bits per heavy atom. The van der Waals surface area contributed by atoms with Gasteiger partial charge in [-0.3, -0.25) is 9.59 Å². The van der Waals surface area contributed by atoms with Crippen LogP contribution in [0.25, 0.3) is 0 Å². The first kappa shape index (κ1) is 21.9. The van der Waals surface area contributed by atoms with Crippen molar-refractivity contribution in [2.45, 2.75) is 37.9 Å². The first-order valence-corrected chi connectivity index (χ1v) is 11.6. The van der Waals surface area contributed by atoms with Gasteiger partial charge in [-0.1, -0.05) is 84.9 Å². The highest BCUT2D eigenvalue weighted by Gasteiger charge is 2.55. The summed E-state index contributed by atoms with van der Waals surface area (Å²) >= 11 is 0. The van der Waals surface area contributed by atoms with Crippen molar-refractivity contribution in [3.05, 3.63) is 107 Å². The molecule has 0 spiro atoms. The average molecular weight is 454 g/mol. The van der Waals surface area contributed by atoms with E-state index in [1.54, 1.807) is 11.8 Å². The zero-order valence-corrected chi connectivity index (χ0v) is 19.1. The fourth-order valence-corrected chi connectivity index (χ4v) is 5.05. The maximum atomic E-state index is 13.9. The first-order chi connectivity index (χ1) is 16.5. The Bertz CT molecular complexity index is 1230. The summed E-state index contributed by atoms with van der Waals surface area (Å²) in [5.41, 5.74) is 2.71. The number of urea groups is 1. The molecule has 34 heavy (non-hydrogen) atoms. The van der Waals surface area contributed by atoms with Gasteiger partial charge in [-0.05, 0) is 35.6 Å². The minimum atomic E-state index is -1.26. The lowest BCUT2D eigenvalue weighted by molar-refractivity contribution is -0.143. The van der Waals surface area contributed by atoms with Gasteiger partial charge in [-0.15, -0.1) is 0 Å². The molecule has 0 radical (unpaired) electrons. The number of benzene rings is 3. The Morgan fingerprint density at radius 2 is 1.53 bits per heavy atom. The van der Waals surface area contributed by atoms with Crippen LogP contribution in [0.3, 0.4) is 0 Å². The summed E-state index contributed by atoms with van der Waals surface area (Å²) in [5, 5.41) is 2.95. The molecule has 4 amide bonds. The normalized spacial score (nSPS) is 20.6. The standard InChI is InChI=1S/C28H27N3O3/c1-20(25(32)30-17-16-22-12-8-9-13-23(22)19-30)31-26(33)28(29-27(31)34,24-14-6-3-7-15-24)18-21-10-4-2-5-11-21/h2-15,20H,16-19H2,1H3,(H,29,34)/t20-,28-/m0/s1. The quantitative estimate of drug-likeness (QED) is 0.600. The molecule has 0 bridgehead atoms. The van der Waals surface area contributed by atoms with Crippen LogP contribution in [0.5, 0.6) is 0 Å². The van der Waals surface area contributed by atoms with Gasteiger partial charge >= 0.3 is 6.03 Å². The van der Waals surface area contributed by atoms with E-state index in [-0.39, 0.29) is 5.91 Å². The van der Waals surface area contributed by atoms with Crippen LogP contribution in [0.1, 0.15) is 29.2 Å². The number of nitrogens with zero attached hydrogens (tertiary/aromatic N) is 2. The van der Waals surface area contributed by atoms with Gasteiger partial charge in [-0.2, -0.15) is 0 Å². The number of fused-ring (bicyclic) bond motifs is 1. The van der Waals surface area contributed by atoms with E-state index in [9.17, 15) is 14.4 Å². The molecule has 6 heteroatoms. The number of nitrogens with one attached hydrogen (secondary N) is 1. The van der Waals surface area contributed by atoms with E-state index in [0.29, 0.717) is 25.1 Å². The van der Waals surface area contributed by atoms with Gasteiger partial charge in [0.05, 0.1) is 0 Å². The molecule has 2 atom stereocenters. The minimum Gasteiger partial charge on any atom is -0.336 e. The van der Waals surface area contributed by atoms with E-state index < -0.39 is 23.5 Å². The summed E-state index contributed by atoms with van der Waals surface area (Å²) in [5.74, 6) is -0.618. The first-order valence-electron chi connectivity index (χ1n) is 11.6. The molecule has 3 aromatic rings. The third kappa shape index (κ3) is 3.75. The van der Waals surface area contributed by atoms with Crippen molar-refractivity contribution in [3.63, 3.8) is 0 Å². The summed E-state index contributed by atoms with van der Waals surface area (Å²) in [6, 6.07) is 25.5. The highest BCUT2D eigenvalue weighted by molar-refractivity contribution is 6.10. The second-order valence-electron chi connectivity index (χ2n) is 8.99. The molecule has 172 valence electrons. The van der Waals surface area contributed by atoms with Crippen molar-refractivity contribution in [2.75, 3.05) is 6.54 Å². The maximum absolute atomic E-state index is 13.9. The molecule has 2 aliphatic heterocycles. The number of rotatable bonds is 5. The average Bonchev–Trinajstić information content (AvgIpc) is 3.13. The Kier molecular flexibility index (Phi) is 5.65. The summed E-state index contributed by atoms with van der Waals surface area (Å²) in [6.45, 7) is 2.69. The monoisotopic (exact) mass is 453 g/mol. The zero-order valence-electron chi connectivity index (χ0n) is 19.1. The molecule has 0 aromatic heterocycles. The third-order valence-electron chi connectivity index (χ3n) is 6.89. The van der Waals surface area contributed by atoms with E-state index in [1.807, 2.05) is 78.9 Å². The van der Waals surface area contributed by atoms with Crippen LogP contribution in [0, 0.1) is 0 Å². The summed E-state index contributed by atoms with van der Waals surface area (Å²) < 4.78 is 0. The minimum absolute atomic E-state index is 0.221. The zero-order chi connectivity index (χ0) is 23.7. The molecule has 0 unspecified atom stereocenters. The Hall–Kier alpha value is -3.93. The van der Waals surface area contributed by atoms with Crippen LogP contribution < -0.4 is 5.32 Å². The second kappa shape index (κ2) is 8.78. The third-order valence-corrected chi connectivity index (χ3v) is 6.89. The van der Waals surface area contributed by atoms with Crippen molar-refractivity contribution in [3.8, 4) is 0 Å². The van der Waals surface area contributed by atoms with Gasteiger partial charge in [0.2, 0.25) is 5.91 Å². The van der Waals surface area contributed by atoms with Gasteiger partial charge in [0.1, 0.15) is 6.04 Å². The maximum Gasteiger partial charge on any atom is 0.326 e. The molecule has 2 heterocycles. The van der Waals surface area contributed by atoms with Crippen LogP contribution in [0.15, 0.2) is 84.9 Å². The topological polar surface area (TPSA) is 69.7 Å². The van der Waals surface area contributed by atoms with E-state index >= 15 is 0 Å². The van der Waals surface area contributed by atoms with Crippen LogP contribution in [-0.4, -0.2) is 40.2 Å². The van der Waals surface area contributed by atoms with E-state index in [4.69, 9.17) is 0 Å². The van der Waals surface area contributed by atoms with Crippen LogP contribution in [-0.2, 0) is 34.5 Å². The molecule has 5 rings (SSSR count). The van der Waals surface area contributed by atoms with Gasteiger partial charge in [0.25, 0.3) is 5.91 Å². The smallest absolute Gasteiger partial charge is 0.326 e. The molecule has 0 aliphatic carbocycles. The van der Waals surface area contributed by atoms with Gasteiger partial charge in [0.15, 0.2) is 5.54 Å². The predicted molar refractivity (Wildman–Crippen MR) is 129 cm³/mol. The molecule has 1 N–H and O–H groups in total. The predicted octanol–water partition coefficient (Wildman–Crippen LogP) is 3.65. The Balaban J connectivity index is 1.44. The largest absolute Gasteiger partial charge is 0.336 e. The lowest BCUT2D eigenvalue weighted by Gasteiger charge is -2.33. The summed E-state index contributed by atoms with van der Waals surface area (Å²) in [7, 11) is 0. The fourth-order valence-electron chi connectivity index (χ4n) is 5.05. The second-order valence-corrected chi connectivity index (χ2v) is 8.99. The van der Waals surface area contributed by atoms with Crippen molar-refractivity contribution >= 4 is 17.8 Å². The fraction of sp³-hybridized carbons (Fsp3) is 0.250. The Morgan fingerprint density at radius 3 is 2.24 bits per heavy atom. The summed E-state index contributed by atoms with van der Waals surface area (Å²) in [6.07, 6.45) is 1.06. The number of carbonyl (C=O) groups excluding carboxylic acids is 3. The number of hydrogen-bond acceptors (Lipinski definition) is 3. The highest BCUT2D eigenvalue weighted by Crippen LogP contribution is 2.34. The molecule has 1 fully saturated rings.